The molecule has 1 aromatic heterocycles. The average molecular weight is 459 g/mol. The lowest BCUT2D eigenvalue weighted by Gasteiger charge is -2.31. The summed E-state index contributed by atoms with van der Waals surface area (Å²) in [5, 5.41) is 23.3. The first kappa shape index (κ1) is 24.1. The van der Waals surface area contributed by atoms with Crippen molar-refractivity contribution in [2.75, 3.05) is 26.7 Å². The molecule has 0 saturated carbocycles. The molecule has 2 aromatic rings. The van der Waals surface area contributed by atoms with Gasteiger partial charge in [0, 0.05) is 31.6 Å². The number of piperidine rings is 1. The van der Waals surface area contributed by atoms with Crippen molar-refractivity contribution in [1.82, 2.24) is 10.2 Å². The molecule has 1 saturated heterocycles. The summed E-state index contributed by atoms with van der Waals surface area (Å²) < 4.78 is 10.8. The first-order valence-electron chi connectivity index (χ1n) is 10.7. The maximum atomic E-state index is 12.9. The highest BCUT2D eigenvalue weighted by Gasteiger charge is 2.28. The molecule has 0 spiro atoms. The fourth-order valence-corrected chi connectivity index (χ4v) is 4.06. The normalized spacial score (nSPS) is 15.7. The van der Waals surface area contributed by atoms with Crippen molar-refractivity contribution >= 4 is 11.8 Å². The van der Waals surface area contributed by atoms with Gasteiger partial charge in [0.1, 0.15) is 5.76 Å². The number of likely N-dealkylation sites (tertiary alicyclic amines) is 1. The first-order valence-corrected chi connectivity index (χ1v) is 10.7. The third kappa shape index (κ3) is 6.04. The number of benzene rings is 1. The molecule has 33 heavy (non-hydrogen) atoms. The number of rotatable bonds is 8. The van der Waals surface area contributed by atoms with Crippen molar-refractivity contribution in [3.8, 4) is 17.2 Å². The summed E-state index contributed by atoms with van der Waals surface area (Å²) in [5.74, 6) is -1.65. The zero-order valence-corrected chi connectivity index (χ0v) is 18.7. The summed E-state index contributed by atoms with van der Waals surface area (Å²) >= 11 is 0. The molecule has 2 amide bonds. The fourth-order valence-electron chi connectivity index (χ4n) is 4.06. The SMILES string of the molecule is COc1cc([C@H](CC(=O)NC2CCN(CC(N)=O)CC2)c2oc(C)cc(=O)c2O)ccc1O. The molecule has 1 aliphatic heterocycles. The van der Waals surface area contributed by atoms with Gasteiger partial charge in [-0.25, -0.2) is 0 Å². The number of hydrogen-bond donors (Lipinski definition) is 4. The van der Waals surface area contributed by atoms with Crippen LogP contribution >= 0.6 is 0 Å². The number of hydrogen-bond acceptors (Lipinski definition) is 8. The molecule has 5 N–H and O–H groups in total. The Hall–Kier alpha value is -3.53. The van der Waals surface area contributed by atoms with E-state index in [2.05, 4.69) is 5.32 Å². The van der Waals surface area contributed by atoms with E-state index in [1.54, 1.807) is 13.0 Å². The lowest BCUT2D eigenvalue weighted by atomic mass is 9.91. The molecule has 178 valence electrons. The van der Waals surface area contributed by atoms with Crippen LogP contribution in [0.15, 0.2) is 33.5 Å². The van der Waals surface area contributed by atoms with Gasteiger partial charge in [0.05, 0.1) is 19.6 Å². The second-order valence-corrected chi connectivity index (χ2v) is 8.21. The van der Waals surface area contributed by atoms with Gasteiger partial charge in [0.2, 0.25) is 23.0 Å². The molecule has 1 atom stereocenters. The minimum Gasteiger partial charge on any atom is -0.504 e. The molecule has 1 aromatic carbocycles. The van der Waals surface area contributed by atoms with Crippen LogP contribution < -0.4 is 21.2 Å². The van der Waals surface area contributed by atoms with E-state index in [-0.39, 0.29) is 48.1 Å². The lowest BCUT2D eigenvalue weighted by Crippen LogP contribution is -2.46. The molecule has 1 fully saturated rings. The lowest BCUT2D eigenvalue weighted by molar-refractivity contribution is -0.123. The van der Waals surface area contributed by atoms with Gasteiger partial charge in [-0.2, -0.15) is 0 Å². The number of nitrogens with two attached hydrogens (primary N) is 1. The third-order valence-electron chi connectivity index (χ3n) is 5.72. The van der Waals surface area contributed by atoms with Gasteiger partial charge in [-0.15, -0.1) is 0 Å². The maximum absolute atomic E-state index is 12.9. The van der Waals surface area contributed by atoms with Gasteiger partial charge in [0.25, 0.3) is 0 Å². The number of phenolic OH excluding ortho intramolecular Hbond substituents is 1. The molecule has 10 nitrogen and oxygen atoms in total. The number of ether oxygens (including phenoxy) is 1. The van der Waals surface area contributed by atoms with Crippen molar-refractivity contribution in [3.63, 3.8) is 0 Å². The first-order chi connectivity index (χ1) is 15.7. The number of aryl methyl sites for hydroxylation is 1. The molecule has 3 rings (SSSR count). The van der Waals surface area contributed by atoms with Gasteiger partial charge in [0.15, 0.2) is 17.3 Å². The Morgan fingerprint density at radius 1 is 1.27 bits per heavy atom. The number of amides is 2. The molecular formula is C23H29N3O7. The molecule has 1 aliphatic rings. The molecular weight excluding hydrogens is 430 g/mol. The second kappa shape index (κ2) is 10.4. The number of phenols is 1. The molecule has 0 unspecified atom stereocenters. The highest BCUT2D eigenvalue weighted by atomic mass is 16.5. The van der Waals surface area contributed by atoms with E-state index in [0.717, 1.165) is 0 Å². The van der Waals surface area contributed by atoms with E-state index < -0.39 is 17.1 Å². The topological polar surface area (TPSA) is 155 Å². The minimum absolute atomic E-state index is 0.0285. The smallest absolute Gasteiger partial charge is 0.231 e. The number of nitrogens with zero attached hydrogens (tertiary/aromatic N) is 1. The Bertz CT molecular complexity index is 1070. The monoisotopic (exact) mass is 459 g/mol. The van der Waals surface area contributed by atoms with Gasteiger partial charge in [-0.1, -0.05) is 6.07 Å². The van der Waals surface area contributed by atoms with Crippen LogP contribution in [0.1, 0.15) is 42.3 Å². The molecule has 10 heteroatoms. The summed E-state index contributed by atoms with van der Waals surface area (Å²) in [7, 11) is 1.40. The number of carbonyl (C=O) groups excluding carboxylic acids is 2. The van der Waals surface area contributed by atoms with Crippen LogP contribution in [0.25, 0.3) is 0 Å². The Labute approximate surface area is 191 Å². The van der Waals surface area contributed by atoms with Crippen molar-refractivity contribution in [2.45, 2.75) is 38.1 Å². The summed E-state index contributed by atoms with van der Waals surface area (Å²) in [6, 6.07) is 5.64. The zero-order chi connectivity index (χ0) is 24.1. The van der Waals surface area contributed by atoms with Crippen molar-refractivity contribution in [2.24, 2.45) is 5.73 Å². The Morgan fingerprint density at radius 3 is 2.61 bits per heavy atom. The number of aromatic hydroxyl groups is 2. The van der Waals surface area contributed by atoms with Crippen LogP contribution in [0.3, 0.4) is 0 Å². The Kier molecular flexibility index (Phi) is 7.59. The summed E-state index contributed by atoms with van der Waals surface area (Å²) in [6.07, 6.45) is 1.23. The number of methoxy groups -OCH3 is 1. The summed E-state index contributed by atoms with van der Waals surface area (Å²) in [5.41, 5.74) is 5.16. The number of primary amides is 1. The van der Waals surface area contributed by atoms with Crippen molar-refractivity contribution < 1.29 is 29.0 Å². The maximum Gasteiger partial charge on any atom is 0.231 e. The zero-order valence-electron chi connectivity index (χ0n) is 18.7. The Balaban J connectivity index is 1.82. The van der Waals surface area contributed by atoms with Crippen molar-refractivity contribution in [3.05, 3.63) is 51.6 Å². The highest BCUT2D eigenvalue weighted by molar-refractivity contribution is 5.78. The van der Waals surface area contributed by atoms with Crippen LogP contribution in [-0.4, -0.2) is 59.7 Å². The van der Waals surface area contributed by atoms with Crippen LogP contribution in [-0.2, 0) is 9.59 Å². The van der Waals surface area contributed by atoms with E-state index >= 15 is 0 Å². The van der Waals surface area contributed by atoms with Gasteiger partial charge >= 0.3 is 0 Å². The van der Waals surface area contributed by atoms with E-state index in [4.69, 9.17) is 14.9 Å². The standard InChI is InChI=1S/C23H29N3O7/c1-13-9-18(28)22(31)23(33-13)16(14-3-4-17(27)19(10-14)32-2)11-21(30)25-15-5-7-26(8-6-15)12-20(24)29/h3-4,9-10,15-16,27,31H,5-8,11-12H2,1-2H3,(H2,24,29)(H,25,30)/t16-/m0/s1. The highest BCUT2D eigenvalue weighted by Crippen LogP contribution is 2.37. The largest absolute Gasteiger partial charge is 0.504 e. The van der Waals surface area contributed by atoms with E-state index in [1.807, 2.05) is 4.90 Å². The molecule has 0 radical (unpaired) electrons. The molecule has 2 heterocycles. The van der Waals surface area contributed by atoms with Crippen molar-refractivity contribution in [1.29, 1.82) is 0 Å². The van der Waals surface area contributed by atoms with Gasteiger partial charge in [-0.3, -0.25) is 19.3 Å². The molecule has 0 bridgehead atoms. The summed E-state index contributed by atoms with van der Waals surface area (Å²) in [4.78, 5) is 38.2. The quantitative estimate of drug-likeness (QED) is 0.455. The van der Waals surface area contributed by atoms with E-state index in [1.165, 1.54) is 25.3 Å². The van der Waals surface area contributed by atoms with Crippen LogP contribution in [0.4, 0.5) is 0 Å². The predicted octanol–water partition coefficient (Wildman–Crippen LogP) is 0.956. The Morgan fingerprint density at radius 2 is 1.97 bits per heavy atom. The van der Waals surface area contributed by atoms with Crippen LogP contribution in [0.2, 0.25) is 0 Å². The average Bonchev–Trinajstić information content (AvgIpc) is 2.76. The third-order valence-corrected chi connectivity index (χ3v) is 5.72. The van der Waals surface area contributed by atoms with E-state index in [0.29, 0.717) is 37.3 Å². The van der Waals surface area contributed by atoms with E-state index in [9.17, 15) is 24.6 Å². The number of carbonyl (C=O) groups is 2. The van der Waals surface area contributed by atoms with Crippen LogP contribution in [0, 0.1) is 6.92 Å². The predicted molar refractivity (Wildman–Crippen MR) is 119 cm³/mol. The summed E-state index contributed by atoms with van der Waals surface area (Å²) in [6.45, 7) is 3.05. The fraction of sp³-hybridized carbons (Fsp3) is 0.435. The van der Waals surface area contributed by atoms with Gasteiger partial charge < -0.3 is 30.4 Å². The van der Waals surface area contributed by atoms with Gasteiger partial charge in [-0.05, 0) is 37.5 Å². The van der Waals surface area contributed by atoms with Crippen LogP contribution in [0.5, 0.6) is 17.2 Å². The molecule has 0 aliphatic carbocycles. The second-order valence-electron chi connectivity index (χ2n) is 8.21. The number of nitrogens with one attached hydrogen (secondary N) is 1. The minimum atomic E-state index is -0.790.